The zero-order chi connectivity index (χ0) is 21.7. The molecule has 0 unspecified atom stereocenters. The fourth-order valence-electron chi connectivity index (χ4n) is 2.85. The molecule has 2 aromatic carbocycles. The lowest BCUT2D eigenvalue weighted by Crippen LogP contribution is -2.05. The predicted octanol–water partition coefficient (Wildman–Crippen LogP) is 7.13. The molecular formula is C22H23BrClNO4S. The van der Waals surface area contributed by atoms with Gasteiger partial charge in [-0.15, -0.1) is 0 Å². The van der Waals surface area contributed by atoms with Crippen LogP contribution < -0.4 is 4.74 Å². The molecule has 0 amide bonds. The van der Waals surface area contributed by atoms with Crippen molar-refractivity contribution in [2.45, 2.75) is 38.3 Å². The minimum atomic E-state index is -0.0757. The molecule has 0 aliphatic rings. The van der Waals surface area contributed by atoms with Gasteiger partial charge in [-0.05, 0) is 59.0 Å². The van der Waals surface area contributed by atoms with Gasteiger partial charge in [0.15, 0.2) is 11.4 Å². The molecule has 0 saturated carbocycles. The first kappa shape index (κ1) is 23.0. The lowest BCUT2D eigenvalue weighted by Gasteiger charge is -2.12. The monoisotopic (exact) mass is 511 g/mol. The van der Waals surface area contributed by atoms with E-state index in [9.17, 15) is 9.90 Å². The van der Waals surface area contributed by atoms with Gasteiger partial charge in [0, 0.05) is 23.3 Å². The van der Waals surface area contributed by atoms with Crippen LogP contribution in [0.15, 0.2) is 44.4 Å². The summed E-state index contributed by atoms with van der Waals surface area (Å²) in [7, 11) is 0. The van der Waals surface area contributed by atoms with Crippen LogP contribution in [0.3, 0.4) is 0 Å². The predicted molar refractivity (Wildman–Crippen MR) is 124 cm³/mol. The van der Waals surface area contributed by atoms with Crippen LogP contribution in [-0.4, -0.2) is 28.2 Å². The number of oxazole rings is 1. The van der Waals surface area contributed by atoms with Crippen molar-refractivity contribution in [1.29, 1.82) is 0 Å². The van der Waals surface area contributed by atoms with Crippen molar-refractivity contribution in [2.24, 2.45) is 5.92 Å². The van der Waals surface area contributed by atoms with Crippen LogP contribution in [0.1, 0.15) is 43.5 Å². The number of unbranched alkanes of at least 4 members (excludes halogenated alkanes) is 1. The summed E-state index contributed by atoms with van der Waals surface area (Å²) in [6.45, 7) is 4.44. The Kier molecular flexibility index (Phi) is 8.08. The highest BCUT2D eigenvalue weighted by atomic mass is 79.9. The zero-order valence-electron chi connectivity index (χ0n) is 16.8. The first-order valence-electron chi connectivity index (χ1n) is 9.71. The van der Waals surface area contributed by atoms with Gasteiger partial charge in [0.25, 0.3) is 5.22 Å². The molecule has 5 nitrogen and oxygen atoms in total. The molecule has 3 aromatic rings. The maximum atomic E-state index is 12.2. The summed E-state index contributed by atoms with van der Waals surface area (Å²) in [5.41, 5.74) is 1.80. The molecule has 8 heteroatoms. The molecule has 0 spiro atoms. The second-order valence-electron chi connectivity index (χ2n) is 7.29. The van der Waals surface area contributed by atoms with E-state index in [2.05, 4.69) is 20.9 Å². The molecule has 0 radical (unpaired) electrons. The van der Waals surface area contributed by atoms with Crippen molar-refractivity contribution in [1.82, 2.24) is 4.98 Å². The number of phenols is 1. The average Bonchev–Trinajstić information content (AvgIpc) is 3.08. The lowest BCUT2D eigenvalue weighted by atomic mass is 10.0. The number of thioether (sulfide) groups is 1. The highest BCUT2D eigenvalue weighted by Crippen LogP contribution is 2.37. The number of Topliss-reactive ketones (excluding diaryl/α,β-unsaturated/α-hetero) is 1. The van der Waals surface area contributed by atoms with E-state index in [0.29, 0.717) is 44.6 Å². The third kappa shape index (κ3) is 5.93. The number of carbonyl (C=O) groups is 1. The molecule has 3 rings (SSSR count). The number of aromatic nitrogens is 1. The van der Waals surface area contributed by atoms with Gasteiger partial charge in [-0.2, -0.15) is 0 Å². The SMILES string of the molecule is CC(C)CC(=O)c1ccc(OCCCCSc2nc3ccc(Cl)cc3o2)c(Br)c1O. The molecule has 0 atom stereocenters. The second kappa shape index (κ2) is 10.6. The summed E-state index contributed by atoms with van der Waals surface area (Å²) < 4.78 is 11.9. The number of carbonyl (C=O) groups excluding carboxylic acids is 1. The van der Waals surface area contributed by atoms with E-state index in [0.717, 1.165) is 24.1 Å². The van der Waals surface area contributed by atoms with Gasteiger partial charge in [-0.1, -0.05) is 37.2 Å². The van der Waals surface area contributed by atoms with Gasteiger partial charge in [0.2, 0.25) is 0 Å². The molecule has 0 fully saturated rings. The summed E-state index contributed by atoms with van der Waals surface area (Å²) in [6, 6.07) is 8.73. The van der Waals surface area contributed by atoms with E-state index in [1.54, 1.807) is 36.0 Å². The van der Waals surface area contributed by atoms with Crippen LogP contribution in [0.5, 0.6) is 11.5 Å². The number of hydrogen-bond acceptors (Lipinski definition) is 6. The summed E-state index contributed by atoms with van der Waals surface area (Å²) in [6.07, 6.45) is 2.14. The van der Waals surface area contributed by atoms with Crippen LogP contribution >= 0.6 is 39.3 Å². The highest BCUT2D eigenvalue weighted by molar-refractivity contribution is 9.10. The van der Waals surface area contributed by atoms with Crippen molar-refractivity contribution >= 4 is 56.2 Å². The molecule has 30 heavy (non-hydrogen) atoms. The Balaban J connectivity index is 1.44. The summed E-state index contributed by atoms with van der Waals surface area (Å²) in [4.78, 5) is 16.6. The number of halogens is 2. The summed E-state index contributed by atoms with van der Waals surface area (Å²) in [5, 5.41) is 11.6. The fourth-order valence-corrected chi connectivity index (χ4v) is 4.31. The van der Waals surface area contributed by atoms with Crippen molar-refractivity contribution < 1.29 is 19.1 Å². The van der Waals surface area contributed by atoms with Crippen LogP contribution in [-0.2, 0) is 0 Å². The van der Waals surface area contributed by atoms with Gasteiger partial charge in [-0.25, -0.2) is 4.98 Å². The summed E-state index contributed by atoms with van der Waals surface area (Å²) in [5.74, 6) is 1.46. The van der Waals surface area contributed by atoms with Gasteiger partial charge in [0.1, 0.15) is 21.5 Å². The molecule has 0 saturated heterocycles. The van der Waals surface area contributed by atoms with Crippen LogP contribution in [0.2, 0.25) is 5.02 Å². The Morgan fingerprint density at radius 1 is 1.30 bits per heavy atom. The zero-order valence-corrected chi connectivity index (χ0v) is 19.9. The largest absolute Gasteiger partial charge is 0.506 e. The minimum absolute atomic E-state index is 0.0650. The minimum Gasteiger partial charge on any atom is -0.506 e. The standard InChI is InChI=1S/C22H23BrClNO4S/c1-13(2)11-17(26)15-6-8-18(20(23)21(15)27)28-9-3-4-10-30-22-25-16-7-5-14(24)12-19(16)29-22/h5-8,12-13,27H,3-4,9-11H2,1-2H3. The highest BCUT2D eigenvalue weighted by Gasteiger charge is 2.18. The van der Waals surface area contributed by atoms with E-state index in [1.165, 1.54) is 0 Å². The number of fused-ring (bicyclic) bond motifs is 1. The van der Waals surface area contributed by atoms with Crippen molar-refractivity contribution in [2.75, 3.05) is 12.4 Å². The van der Waals surface area contributed by atoms with E-state index in [4.69, 9.17) is 20.8 Å². The first-order chi connectivity index (χ1) is 14.3. The second-order valence-corrected chi connectivity index (χ2v) is 9.57. The normalized spacial score (nSPS) is 11.4. The molecule has 0 bridgehead atoms. The smallest absolute Gasteiger partial charge is 0.256 e. The third-order valence-corrected chi connectivity index (χ3v) is 6.24. The number of ether oxygens (including phenoxy) is 1. The topological polar surface area (TPSA) is 72.6 Å². The summed E-state index contributed by atoms with van der Waals surface area (Å²) >= 11 is 10.9. The molecule has 0 aliphatic heterocycles. The number of rotatable bonds is 10. The first-order valence-corrected chi connectivity index (χ1v) is 11.9. The molecule has 1 N–H and O–H groups in total. The molecule has 0 aliphatic carbocycles. The number of nitrogens with zero attached hydrogens (tertiary/aromatic N) is 1. The van der Waals surface area contributed by atoms with Crippen molar-refractivity contribution in [3.8, 4) is 11.5 Å². The molecule has 1 heterocycles. The lowest BCUT2D eigenvalue weighted by molar-refractivity contribution is 0.0965. The van der Waals surface area contributed by atoms with E-state index < -0.39 is 0 Å². The van der Waals surface area contributed by atoms with Gasteiger partial charge in [0.05, 0.1) is 12.2 Å². The Bertz CT molecular complexity index is 1040. The van der Waals surface area contributed by atoms with E-state index >= 15 is 0 Å². The van der Waals surface area contributed by atoms with Crippen LogP contribution in [0.4, 0.5) is 0 Å². The van der Waals surface area contributed by atoms with Crippen molar-refractivity contribution in [3.63, 3.8) is 0 Å². The van der Waals surface area contributed by atoms with E-state index in [-0.39, 0.29) is 17.5 Å². The average molecular weight is 513 g/mol. The van der Waals surface area contributed by atoms with Gasteiger partial charge >= 0.3 is 0 Å². The molecular weight excluding hydrogens is 490 g/mol. The Hall–Kier alpha value is -1.70. The van der Waals surface area contributed by atoms with Gasteiger partial charge < -0.3 is 14.3 Å². The number of hydrogen-bond donors (Lipinski definition) is 1. The quantitative estimate of drug-likeness (QED) is 0.177. The maximum Gasteiger partial charge on any atom is 0.256 e. The number of phenolic OH excluding ortho intramolecular Hbond substituents is 1. The van der Waals surface area contributed by atoms with Crippen LogP contribution in [0.25, 0.3) is 11.1 Å². The van der Waals surface area contributed by atoms with Crippen LogP contribution in [0, 0.1) is 5.92 Å². The number of aromatic hydroxyl groups is 1. The maximum absolute atomic E-state index is 12.2. The Labute approximate surface area is 193 Å². The number of ketones is 1. The number of benzene rings is 2. The fraction of sp³-hybridized carbons (Fsp3) is 0.364. The van der Waals surface area contributed by atoms with Crippen molar-refractivity contribution in [3.05, 3.63) is 45.4 Å². The molecule has 160 valence electrons. The Morgan fingerprint density at radius 3 is 2.87 bits per heavy atom. The third-order valence-electron chi connectivity index (χ3n) is 4.33. The Morgan fingerprint density at radius 2 is 2.10 bits per heavy atom. The van der Waals surface area contributed by atoms with E-state index in [1.807, 2.05) is 19.9 Å². The van der Waals surface area contributed by atoms with Gasteiger partial charge in [-0.3, -0.25) is 4.79 Å². The molecule has 1 aromatic heterocycles.